The molecule has 3 aromatic rings. The van der Waals surface area contributed by atoms with Gasteiger partial charge < -0.3 is 15.5 Å². The molecule has 0 heterocycles. The van der Waals surface area contributed by atoms with E-state index in [1.54, 1.807) is 30.3 Å². The van der Waals surface area contributed by atoms with Crippen molar-refractivity contribution in [3.05, 3.63) is 105 Å². The van der Waals surface area contributed by atoms with Crippen molar-refractivity contribution < 1.29 is 15.0 Å². The van der Waals surface area contributed by atoms with Gasteiger partial charge in [-0.1, -0.05) is 83.9 Å². The fourth-order valence-electron chi connectivity index (χ4n) is 3.94. The van der Waals surface area contributed by atoms with Gasteiger partial charge in [-0.15, -0.1) is 0 Å². The highest BCUT2D eigenvalue weighted by atomic mass is 35.5. The number of hydrogen-bond donors (Lipinski definition) is 3. The molecule has 0 aromatic heterocycles. The summed E-state index contributed by atoms with van der Waals surface area (Å²) < 4.78 is 0. The van der Waals surface area contributed by atoms with Crippen molar-refractivity contribution >= 4 is 29.2 Å². The maximum Gasteiger partial charge on any atom is 0.337 e. The van der Waals surface area contributed by atoms with Crippen LogP contribution in [0.3, 0.4) is 0 Å². The van der Waals surface area contributed by atoms with Gasteiger partial charge in [0.25, 0.3) is 0 Å². The number of hydrogen-bond acceptors (Lipinski definition) is 3. The number of carboxylic acid groups (broad SMARTS) is 1. The summed E-state index contributed by atoms with van der Waals surface area (Å²) in [5.74, 6) is -0.818. The van der Waals surface area contributed by atoms with Crippen molar-refractivity contribution in [3.63, 3.8) is 0 Å². The summed E-state index contributed by atoms with van der Waals surface area (Å²) in [5.41, 5.74) is 4.45. The number of aliphatic hydroxyl groups is 1. The molecule has 6 heteroatoms. The highest BCUT2D eigenvalue weighted by molar-refractivity contribution is 6.42. The molecule has 0 amide bonds. The SMILES string of the molecule is CN[C@H]1CC[C@@H](c2ccc(Cl)c(Cl)c2)c2ccccc21.O=C(O)[C@H](O)c1ccccc1. The van der Waals surface area contributed by atoms with Gasteiger partial charge in [-0.05, 0) is 54.3 Å². The second kappa shape index (κ2) is 10.8. The Hall–Kier alpha value is -2.37. The predicted octanol–water partition coefficient (Wildman–Crippen LogP) is 5.98. The molecule has 0 spiro atoms. The molecule has 0 bridgehead atoms. The summed E-state index contributed by atoms with van der Waals surface area (Å²) in [4.78, 5) is 10.2. The first-order chi connectivity index (χ1) is 14.9. The first-order valence-electron chi connectivity index (χ1n) is 10.1. The van der Waals surface area contributed by atoms with E-state index in [0.717, 1.165) is 12.8 Å². The van der Waals surface area contributed by atoms with E-state index < -0.39 is 12.1 Å². The van der Waals surface area contributed by atoms with Crippen LogP contribution in [0.1, 0.15) is 53.2 Å². The fraction of sp³-hybridized carbons (Fsp3) is 0.240. The Labute approximate surface area is 192 Å². The summed E-state index contributed by atoms with van der Waals surface area (Å²) in [7, 11) is 2.03. The Morgan fingerprint density at radius 1 is 0.935 bits per heavy atom. The van der Waals surface area contributed by atoms with Crippen LogP contribution in [0, 0.1) is 0 Å². The zero-order valence-electron chi connectivity index (χ0n) is 17.1. The summed E-state index contributed by atoms with van der Waals surface area (Å²) in [5, 5.41) is 22.0. The highest BCUT2D eigenvalue weighted by Crippen LogP contribution is 2.42. The Balaban J connectivity index is 0.000000210. The maximum atomic E-state index is 10.2. The van der Waals surface area contributed by atoms with Crippen molar-refractivity contribution in [1.29, 1.82) is 0 Å². The van der Waals surface area contributed by atoms with Crippen LogP contribution in [0.4, 0.5) is 0 Å². The molecule has 0 aliphatic heterocycles. The van der Waals surface area contributed by atoms with E-state index in [4.69, 9.17) is 33.4 Å². The van der Waals surface area contributed by atoms with E-state index in [2.05, 4.69) is 35.6 Å². The van der Waals surface area contributed by atoms with Crippen LogP contribution < -0.4 is 5.32 Å². The minimum absolute atomic E-state index is 0.403. The Bertz CT molecular complexity index is 1030. The number of carbonyl (C=O) groups is 1. The predicted molar refractivity (Wildman–Crippen MR) is 125 cm³/mol. The van der Waals surface area contributed by atoms with E-state index in [9.17, 15) is 4.79 Å². The van der Waals surface area contributed by atoms with Crippen molar-refractivity contribution in [2.75, 3.05) is 7.05 Å². The van der Waals surface area contributed by atoms with E-state index >= 15 is 0 Å². The van der Waals surface area contributed by atoms with E-state index in [-0.39, 0.29) is 0 Å². The highest BCUT2D eigenvalue weighted by Gasteiger charge is 2.27. The smallest absolute Gasteiger partial charge is 0.337 e. The third-order valence-corrected chi connectivity index (χ3v) is 6.27. The third-order valence-electron chi connectivity index (χ3n) is 5.53. The van der Waals surface area contributed by atoms with Gasteiger partial charge in [0.2, 0.25) is 0 Å². The van der Waals surface area contributed by atoms with Gasteiger partial charge in [-0.2, -0.15) is 0 Å². The second-order valence-electron chi connectivity index (χ2n) is 7.43. The standard InChI is InChI=1S/C17H17Cl2N.C8H8O3/c1-20-17-9-7-12(13-4-2-3-5-14(13)17)11-6-8-15(18)16(19)10-11;9-7(8(10)11)6-4-2-1-3-5-6/h2-6,8,10,12,17,20H,7,9H2,1H3;1-5,7,9H,(H,10,11)/t12-,17-;7-/m01/s1. The van der Waals surface area contributed by atoms with Gasteiger partial charge in [-0.25, -0.2) is 4.79 Å². The normalized spacial score (nSPS) is 18.3. The molecule has 0 radical (unpaired) electrons. The molecule has 4 rings (SSSR count). The average Bonchev–Trinajstić information content (AvgIpc) is 2.80. The fourth-order valence-corrected chi connectivity index (χ4v) is 4.25. The van der Waals surface area contributed by atoms with Crippen molar-refractivity contribution in [2.45, 2.75) is 30.9 Å². The lowest BCUT2D eigenvalue weighted by molar-refractivity contribution is -0.146. The summed E-state index contributed by atoms with van der Waals surface area (Å²) in [6.45, 7) is 0. The molecule has 0 saturated heterocycles. The largest absolute Gasteiger partial charge is 0.479 e. The number of aliphatic hydroxyl groups excluding tert-OH is 1. The van der Waals surface area contributed by atoms with Crippen LogP contribution in [0.25, 0.3) is 0 Å². The van der Waals surface area contributed by atoms with Gasteiger partial charge >= 0.3 is 5.97 Å². The Morgan fingerprint density at radius 2 is 1.58 bits per heavy atom. The summed E-state index contributed by atoms with van der Waals surface area (Å²) in [6, 6.07) is 23.4. The maximum absolute atomic E-state index is 10.2. The molecule has 31 heavy (non-hydrogen) atoms. The van der Waals surface area contributed by atoms with E-state index in [1.807, 2.05) is 19.2 Å². The molecule has 0 unspecified atom stereocenters. The monoisotopic (exact) mass is 457 g/mol. The molecule has 3 N–H and O–H groups in total. The number of nitrogens with one attached hydrogen (secondary N) is 1. The van der Waals surface area contributed by atoms with Crippen LogP contribution in [-0.2, 0) is 4.79 Å². The molecule has 1 aliphatic rings. The van der Waals surface area contributed by atoms with Gasteiger partial charge in [0.1, 0.15) is 0 Å². The lowest BCUT2D eigenvalue weighted by atomic mass is 9.77. The van der Waals surface area contributed by atoms with Gasteiger partial charge in [-0.3, -0.25) is 0 Å². The van der Waals surface area contributed by atoms with Gasteiger partial charge in [0.15, 0.2) is 6.10 Å². The minimum atomic E-state index is -1.41. The molecular weight excluding hydrogens is 433 g/mol. The zero-order valence-corrected chi connectivity index (χ0v) is 18.6. The molecule has 3 aromatic carbocycles. The quantitative estimate of drug-likeness (QED) is 0.450. The molecule has 3 atom stereocenters. The van der Waals surface area contributed by atoms with Gasteiger partial charge in [0, 0.05) is 12.0 Å². The van der Waals surface area contributed by atoms with Crippen LogP contribution in [-0.4, -0.2) is 23.2 Å². The first-order valence-corrected chi connectivity index (χ1v) is 10.8. The van der Waals surface area contributed by atoms with E-state index in [0.29, 0.717) is 27.6 Å². The average molecular weight is 458 g/mol. The number of aliphatic carboxylic acids is 1. The van der Waals surface area contributed by atoms with Gasteiger partial charge in [0.05, 0.1) is 10.0 Å². The van der Waals surface area contributed by atoms with Crippen LogP contribution in [0.5, 0.6) is 0 Å². The Morgan fingerprint density at radius 3 is 2.19 bits per heavy atom. The molecule has 4 nitrogen and oxygen atoms in total. The molecule has 1 aliphatic carbocycles. The number of rotatable bonds is 4. The number of halogens is 2. The molecular formula is C25H25Cl2NO3. The van der Waals surface area contributed by atoms with Crippen molar-refractivity contribution in [1.82, 2.24) is 5.32 Å². The molecule has 0 fully saturated rings. The number of fused-ring (bicyclic) bond motifs is 1. The van der Waals surface area contributed by atoms with Crippen molar-refractivity contribution in [2.24, 2.45) is 0 Å². The van der Waals surface area contributed by atoms with Crippen LogP contribution in [0.15, 0.2) is 72.8 Å². The molecule has 162 valence electrons. The minimum Gasteiger partial charge on any atom is -0.479 e. The second-order valence-corrected chi connectivity index (χ2v) is 8.24. The van der Waals surface area contributed by atoms with Crippen LogP contribution in [0.2, 0.25) is 10.0 Å². The lowest BCUT2D eigenvalue weighted by Gasteiger charge is -2.32. The Kier molecular flexibility index (Phi) is 8.10. The zero-order chi connectivity index (χ0) is 22.4. The topological polar surface area (TPSA) is 69.6 Å². The third kappa shape index (κ3) is 5.66. The van der Waals surface area contributed by atoms with Crippen LogP contribution >= 0.6 is 23.2 Å². The van der Waals surface area contributed by atoms with E-state index in [1.165, 1.54) is 16.7 Å². The molecule has 0 saturated carbocycles. The first kappa shape index (κ1) is 23.3. The summed E-state index contributed by atoms with van der Waals surface area (Å²) >= 11 is 12.2. The number of benzene rings is 3. The lowest BCUT2D eigenvalue weighted by Crippen LogP contribution is -2.24. The summed E-state index contributed by atoms with van der Waals surface area (Å²) in [6.07, 6.45) is 0.857. The van der Waals surface area contributed by atoms with Crippen molar-refractivity contribution in [3.8, 4) is 0 Å². The number of carboxylic acids is 1.